The van der Waals surface area contributed by atoms with E-state index in [0.29, 0.717) is 11.4 Å². The highest BCUT2D eigenvalue weighted by Crippen LogP contribution is 2.32. The van der Waals surface area contributed by atoms with Crippen molar-refractivity contribution in [1.29, 1.82) is 0 Å². The third-order valence-corrected chi connectivity index (χ3v) is 5.01. The molecule has 0 bridgehead atoms. The number of ether oxygens (including phenoxy) is 1. The number of nitrogens with zero attached hydrogens (tertiary/aromatic N) is 2. The van der Waals surface area contributed by atoms with E-state index in [-0.39, 0.29) is 10.6 Å². The number of pyridine rings is 1. The summed E-state index contributed by atoms with van der Waals surface area (Å²) in [5.41, 5.74) is 7.44. The summed E-state index contributed by atoms with van der Waals surface area (Å²) in [7, 11) is -0.901. The topological polar surface area (TPSA) is 85.5 Å². The first-order valence-corrected chi connectivity index (χ1v) is 7.65. The second kappa shape index (κ2) is 5.61. The van der Waals surface area contributed by atoms with Gasteiger partial charge in [-0.05, 0) is 36.8 Å². The minimum Gasteiger partial charge on any atom is -0.495 e. The van der Waals surface area contributed by atoms with Gasteiger partial charge in [0.25, 0.3) is 10.0 Å². The molecule has 21 heavy (non-hydrogen) atoms. The number of methoxy groups -OCH3 is 1. The van der Waals surface area contributed by atoms with Crippen LogP contribution in [0.2, 0.25) is 0 Å². The molecule has 0 aliphatic carbocycles. The van der Waals surface area contributed by atoms with E-state index >= 15 is 0 Å². The average Bonchev–Trinajstić information content (AvgIpc) is 2.49. The molecular weight excluding hydrogens is 290 g/mol. The Kier molecular flexibility index (Phi) is 4.04. The Hall–Kier alpha value is -2.28. The van der Waals surface area contributed by atoms with Gasteiger partial charge in [-0.2, -0.15) is 0 Å². The van der Waals surface area contributed by atoms with Gasteiger partial charge in [-0.25, -0.2) is 8.42 Å². The SMILES string of the molecule is COc1cc(C)c(N)cc1S(=O)(=O)N(C)c1cccnc1. The van der Waals surface area contributed by atoms with Crippen molar-refractivity contribution >= 4 is 21.4 Å². The second-order valence-electron chi connectivity index (χ2n) is 4.54. The fourth-order valence-corrected chi connectivity index (χ4v) is 3.22. The first kappa shape index (κ1) is 15.1. The third kappa shape index (κ3) is 2.78. The van der Waals surface area contributed by atoms with Crippen molar-refractivity contribution < 1.29 is 13.2 Å². The summed E-state index contributed by atoms with van der Waals surface area (Å²) in [4.78, 5) is 3.95. The lowest BCUT2D eigenvalue weighted by molar-refractivity contribution is 0.402. The number of hydrogen-bond donors (Lipinski definition) is 1. The lowest BCUT2D eigenvalue weighted by Gasteiger charge is -2.21. The maximum Gasteiger partial charge on any atom is 0.267 e. The summed E-state index contributed by atoms with van der Waals surface area (Å²) in [5, 5.41) is 0. The van der Waals surface area contributed by atoms with Crippen molar-refractivity contribution in [1.82, 2.24) is 4.98 Å². The van der Waals surface area contributed by atoms with E-state index in [9.17, 15) is 8.42 Å². The summed E-state index contributed by atoms with van der Waals surface area (Å²) in [6.07, 6.45) is 3.05. The number of benzene rings is 1. The van der Waals surface area contributed by atoms with E-state index in [1.807, 2.05) is 0 Å². The van der Waals surface area contributed by atoms with Crippen LogP contribution in [0.4, 0.5) is 11.4 Å². The molecule has 7 heteroatoms. The van der Waals surface area contributed by atoms with Gasteiger partial charge < -0.3 is 10.5 Å². The first-order valence-electron chi connectivity index (χ1n) is 6.21. The third-order valence-electron chi connectivity index (χ3n) is 3.20. The van der Waals surface area contributed by atoms with Gasteiger partial charge in [0, 0.05) is 18.9 Å². The fraction of sp³-hybridized carbons (Fsp3) is 0.214. The Morgan fingerprint density at radius 1 is 1.33 bits per heavy atom. The molecule has 0 aliphatic rings. The highest BCUT2D eigenvalue weighted by atomic mass is 32.2. The molecule has 0 aliphatic heterocycles. The molecule has 0 unspecified atom stereocenters. The maximum atomic E-state index is 12.7. The van der Waals surface area contributed by atoms with E-state index in [1.165, 1.54) is 26.4 Å². The molecule has 2 aromatic rings. The molecule has 0 fully saturated rings. The summed E-state index contributed by atoms with van der Waals surface area (Å²) in [5.74, 6) is 0.262. The van der Waals surface area contributed by atoms with Crippen molar-refractivity contribution in [2.75, 3.05) is 24.2 Å². The molecule has 0 spiro atoms. The van der Waals surface area contributed by atoms with E-state index in [1.54, 1.807) is 31.3 Å². The van der Waals surface area contributed by atoms with Gasteiger partial charge in [-0.1, -0.05) is 0 Å². The van der Waals surface area contributed by atoms with Crippen molar-refractivity contribution in [3.63, 3.8) is 0 Å². The molecule has 2 rings (SSSR count). The molecule has 0 radical (unpaired) electrons. The number of anilines is 2. The Morgan fingerprint density at radius 2 is 2.05 bits per heavy atom. The van der Waals surface area contributed by atoms with Gasteiger partial charge in [0.15, 0.2) is 0 Å². The van der Waals surface area contributed by atoms with Crippen molar-refractivity contribution in [3.05, 3.63) is 42.2 Å². The monoisotopic (exact) mass is 307 g/mol. The van der Waals surface area contributed by atoms with Crippen LogP contribution in [0.25, 0.3) is 0 Å². The van der Waals surface area contributed by atoms with Crippen LogP contribution in [0, 0.1) is 6.92 Å². The largest absolute Gasteiger partial charge is 0.495 e. The van der Waals surface area contributed by atoms with Crippen LogP contribution in [0.3, 0.4) is 0 Å². The van der Waals surface area contributed by atoms with Crippen molar-refractivity contribution in [2.45, 2.75) is 11.8 Å². The molecule has 0 saturated heterocycles. The Labute approximate surface area is 124 Å². The van der Waals surface area contributed by atoms with Gasteiger partial charge >= 0.3 is 0 Å². The number of nitrogen functional groups attached to an aromatic ring is 1. The van der Waals surface area contributed by atoms with Crippen LogP contribution in [0.1, 0.15) is 5.56 Å². The summed E-state index contributed by atoms with van der Waals surface area (Å²) in [6, 6.07) is 6.35. The fourth-order valence-electron chi connectivity index (χ4n) is 1.86. The van der Waals surface area contributed by atoms with Gasteiger partial charge in [-0.15, -0.1) is 0 Å². The van der Waals surface area contributed by atoms with Crippen LogP contribution in [0.15, 0.2) is 41.6 Å². The lowest BCUT2D eigenvalue weighted by atomic mass is 10.2. The van der Waals surface area contributed by atoms with Crippen LogP contribution >= 0.6 is 0 Å². The average molecular weight is 307 g/mol. The number of nitrogens with two attached hydrogens (primary N) is 1. The van der Waals surface area contributed by atoms with E-state index < -0.39 is 10.0 Å². The Morgan fingerprint density at radius 3 is 2.62 bits per heavy atom. The zero-order chi connectivity index (χ0) is 15.6. The lowest BCUT2D eigenvalue weighted by Crippen LogP contribution is -2.27. The molecule has 0 saturated carbocycles. The van der Waals surface area contributed by atoms with Crippen LogP contribution in [-0.2, 0) is 10.0 Å². The molecule has 1 heterocycles. The normalized spacial score (nSPS) is 11.2. The van der Waals surface area contributed by atoms with E-state index in [0.717, 1.165) is 9.87 Å². The van der Waals surface area contributed by atoms with Crippen molar-refractivity contribution in [3.8, 4) is 5.75 Å². The van der Waals surface area contributed by atoms with E-state index in [4.69, 9.17) is 10.5 Å². The van der Waals surface area contributed by atoms with E-state index in [2.05, 4.69) is 4.98 Å². The molecule has 0 atom stereocenters. The summed E-state index contributed by atoms with van der Waals surface area (Å²) < 4.78 is 31.8. The Balaban J connectivity index is 2.57. The predicted molar refractivity (Wildman–Crippen MR) is 82.0 cm³/mol. The standard InChI is InChI=1S/C14H17N3O3S/c1-10-7-13(20-3)14(8-12(10)15)21(18,19)17(2)11-5-4-6-16-9-11/h4-9H,15H2,1-3H3. The highest BCUT2D eigenvalue weighted by molar-refractivity contribution is 7.93. The highest BCUT2D eigenvalue weighted by Gasteiger charge is 2.26. The van der Waals surface area contributed by atoms with Crippen molar-refractivity contribution in [2.24, 2.45) is 0 Å². The number of hydrogen-bond acceptors (Lipinski definition) is 5. The Bertz CT molecular complexity index is 746. The zero-order valence-corrected chi connectivity index (χ0v) is 12.9. The predicted octanol–water partition coefficient (Wildman–Crippen LogP) is 1.81. The molecule has 1 aromatic heterocycles. The smallest absolute Gasteiger partial charge is 0.267 e. The minimum absolute atomic E-state index is 0.0273. The van der Waals surface area contributed by atoms with Crippen LogP contribution in [-0.4, -0.2) is 27.6 Å². The van der Waals surface area contributed by atoms with Gasteiger partial charge in [0.1, 0.15) is 10.6 Å². The minimum atomic E-state index is -3.79. The van der Waals surface area contributed by atoms with Gasteiger partial charge in [-0.3, -0.25) is 9.29 Å². The number of sulfonamides is 1. The molecule has 2 N–H and O–H groups in total. The van der Waals surface area contributed by atoms with Gasteiger partial charge in [0.2, 0.25) is 0 Å². The first-order chi connectivity index (χ1) is 9.87. The number of aryl methyl sites for hydroxylation is 1. The maximum absolute atomic E-state index is 12.7. The van der Waals surface area contributed by atoms with Crippen LogP contribution in [0.5, 0.6) is 5.75 Å². The molecule has 6 nitrogen and oxygen atoms in total. The van der Waals surface area contributed by atoms with Crippen LogP contribution < -0.4 is 14.8 Å². The molecule has 0 amide bonds. The molecule has 112 valence electrons. The molecule has 1 aromatic carbocycles. The number of aromatic nitrogens is 1. The summed E-state index contributed by atoms with van der Waals surface area (Å²) >= 11 is 0. The van der Waals surface area contributed by atoms with Gasteiger partial charge in [0.05, 0.1) is 19.0 Å². The summed E-state index contributed by atoms with van der Waals surface area (Å²) in [6.45, 7) is 1.79. The number of rotatable bonds is 4. The molecular formula is C14H17N3O3S. The quantitative estimate of drug-likeness (QED) is 0.871. The zero-order valence-electron chi connectivity index (χ0n) is 12.1. The second-order valence-corrected chi connectivity index (χ2v) is 6.48.